The highest BCUT2D eigenvalue weighted by Crippen LogP contribution is 2.30. The van der Waals surface area contributed by atoms with Crippen LogP contribution in [0, 0.1) is 13.8 Å². The lowest BCUT2D eigenvalue weighted by Gasteiger charge is -2.20. The highest BCUT2D eigenvalue weighted by Gasteiger charge is 2.36. The zero-order valence-electron chi connectivity index (χ0n) is 16.1. The molecule has 0 atom stereocenters. The van der Waals surface area contributed by atoms with Crippen molar-refractivity contribution in [1.29, 1.82) is 0 Å². The molecule has 0 bridgehead atoms. The van der Waals surface area contributed by atoms with Crippen molar-refractivity contribution in [3.8, 4) is 0 Å². The number of ether oxygens (including phenoxy) is 1. The normalized spacial score (nSPS) is 13.5. The molecule has 27 heavy (non-hydrogen) atoms. The van der Waals surface area contributed by atoms with Crippen molar-refractivity contribution in [1.82, 2.24) is 9.47 Å². The predicted molar refractivity (Wildman–Crippen MR) is 98.0 cm³/mol. The quantitative estimate of drug-likeness (QED) is 0.551. The molecular formula is C20H24N2O5. The van der Waals surface area contributed by atoms with E-state index in [2.05, 4.69) is 0 Å². The Hall–Kier alpha value is -2.83. The maximum absolute atomic E-state index is 13.1. The van der Waals surface area contributed by atoms with Crippen LogP contribution in [0.3, 0.4) is 0 Å². The number of aromatic nitrogens is 1. The Kier molecular flexibility index (Phi) is 5.21. The molecule has 0 aromatic carbocycles. The molecule has 0 spiro atoms. The highest BCUT2D eigenvalue weighted by atomic mass is 16.5. The molecule has 0 radical (unpaired) electrons. The topological polar surface area (TPSA) is 81.8 Å². The molecule has 144 valence electrons. The van der Waals surface area contributed by atoms with E-state index in [0.29, 0.717) is 29.1 Å². The molecular weight excluding hydrogens is 348 g/mol. The van der Waals surface area contributed by atoms with Crippen LogP contribution in [0.4, 0.5) is 0 Å². The Balaban J connectivity index is 1.92. The van der Waals surface area contributed by atoms with Crippen LogP contribution in [0.25, 0.3) is 0 Å². The summed E-state index contributed by atoms with van der Waals surface area (Å²) in [5.74, 6) is -0.713. The van der Waals surface area contributed by atoms with E-state index in [-0.39, 0.29) is 30.0 Å². The van der Waals surface area contributed by atoms with Gasteiger partial charge >= 0.3 is 5.97 Å². The van der Waals surface area contributed by atoms with E-state index in [1.165, 1.54) is 13.4 Å². The number of hydrogen-bond donors (Lipinski definition) is 0. The van der Waals surface area contributed by atoms with Crippen LogP contribution >= 0.6 is 0 Å². The lowest BCUT2D eigenvalue weighted by atomic mass is 10.0. The standard InChI is InChI=1S/C20H24N2O5/c1-5-21-13(3)17(12(2)18(21)20(25)26-4)15(23)11-22(14-8-9-14)19(24)16-7-6-10-27-16/h6-7,10,14H,5,8-9,11H2,1-4H3. The molecule has 1 saturated carbocycles. The number of carbonyl (C=O) groups excluding carboxylic acids is 3. The van der Waals surface area contributed by atoms with Gasteiger partial charge in [0.05, 0.1) is 19.9 Å². The fourth-order valence-electron chi connectivity index (χ4n) is 3.59. The van der Waals surface area contributed by atoms with Crippen LogP contribution in [0.2, 0.25) is 0 Å². The third-order valence-electron chi connectivity index (χ3n) is 5.04. The largest absolute Gasteiger partial charge is 0.464 e. The molecule has 3 rings (SSSR count). The van der Waals surface area contributed by atoms with Crippen molar-refractivity contribution in [2.24, 2.45) is 0 Å². The number of carbonyl (C=O) groups is 3. The second-order valence-electron chi connectivity index (χ2n) is 6.73. The Labute approximate surface area is 157 Å². The Morgan fingerprint density at radius 1 is 1.30 bits per heavy atom. The van der Waals surface area contributed by atoms with Gasteiger partial charge in [0, 0.05) is 23.8 Å². The van der Waals surface area contributed by atoms with E-state index in [1.54, 1.807) is 28.5 Å². The van der Waals surface area contributed by atoms with E-state index >= 15 is 0 Å². The Morgan fingerprint density at radius 3 is 2.52 bits per heavy atom. The molecule has 0 unspecified atom stereocenters. The molecule has 0 aliphatic heterocycles. The summed E-state index contributed by atoms with van der Waals surface area (Å²) in [5, 5.41) is 0. The number of amides is 1. The molecule has 7 heteroatoms. The number of hydrogen-bond acceptors (Lipinski definition) is 5. The summed E-state index contributed by atoms with van der Waals surface area (Å²) in [7, 11) is 1.32. The average molecular weight is 372 g/mol. The van der Waals surface area contributed by atoms with E-state index in [0.717, 1.165) is 12.8 Å². The maximum Gasteiger partial charge on any atom is 0.354 e. The highest BCUT2D eigenvalue weighted by molar-refractivity contribution is 6.05. The number of ketones is 1. The molecule has 1 fully saturated rings. The Morgan fingerprint density at radius 2 is 2.00 bits per heavy atom. The minimum absolute atomic E-state index is 0.0414. The monoisotopic (exact) mass is 372 g/mol. The zero-order chi connectivity index (χ0) is 19.7. The average Bonchev–Trinajstić information content (AvgIpc) is 3.27. The van der Waals surface area contributed by atoms with E-state index < -0.39 is 5.97 Å². The van der Waals surface area contributed by atoms with Gasteiger partial charge < -0.3 is 18.6 Å². The summed E-state index contributed by atoms with van der Waals surface area (Å²) in [6.07, 6.45) is 3.20. The van der Waals surface area contributed by atoms with Gasteiger partial charge in [0.1, 0.15) is 5.69 Å². The molecule has 0 N–H and O–H groups in total. The first kappa shape index (κ1) is 18.9. The van der Waals surface area contributed by atoms with Gasteiger partial charge in [-0.15, -0.1) is 0 Å². The van der Waals surface area contributed by atoms with Crippen molar-refractivity contribution in [2.75, 3.05) is 13.7 Å². The first-order valence-corrected chi connectivity index (χ1v) is 9.06. The first-order chi connectivity index (χ1) is 12.9. The minimum Gasteiger partial charge on any atom is -0.464 e. The van der Waals surface area contributed by atoms with Crippen LogP contribution in [0.5, 0.6) is 0 Å². The number of Topliss-reactive ketones (excluding diaryl/α,β-unsaturated/α-hetero) is 1. The lowest BCUT2D eigenvalue weighted by Crippen LogP contribution is -2.37. The summed E-state index contributed by atoms with van der Waals surface area (Å²) < 4.78 is 11.9. The molecule has 2 heterocycles. The second kappa shape index (κ2) is 7.42. The van der Waals surface area contributed by atoms with Crippen molar-refractivity contribution in [2.45, 2.75) is 46.2 Å². The predicted octanol–water partition coefficient (Wildman–Crippen LogP) is 2.99. The summed E-state index contributed by atoms with van der Waals surface area (Å²) in [4.78, 5) is 39.6. The number of rotatable bonds is 7. The molecule has 1 aliphatic carbocycles. The fraction of sp³-hybridized carbons (Fsp3) is 0.450. The van der Waals surface area contributed by atoms with Gasteiger partial charge in [0.15, 0.2) is 11.5 Å². The van der Waals surface area contributed by atoms with Gasteiger partial charge in [-0.3, -0.25) is 9.59 Å². The molecule has 0 saturated heterocycles. The number of nitrogens with zero attached hydrogens (tertiary/aromatic N) is 2. The zero-order valence-corrected chi connectivity index (χ0v) is 16.1. The summed E-state index contributed by atoms with van der Waals surface area (Å²) >= 11 is 0. The molecule has 2 aromatic rings. The smallest absolute Gasteiger partial charge is 0.354 e. The van der Waals surface area contributed by atoms with E-state index in [9.17, 15) is 14.4 Å². The Bertz CT molecular complexity index is 875. The van der Waals surface area contributed by atoms with Crippen molar-refractivity contribution in [3.05, 3.63) is 46.7 Å². The lowest BCUT2D eigenvalue weighted by molar-refractivity contribution is 0.0587. The molecule has 1 amide bonds. The van der Waals surface area contributed by atoms with Gasteiger partial charge in [-0.2, -0.15) is 0 Å². The minimum atomic E-state index is -0.470. The van der Waals surface area contributed by atoms with Crippen LogP contribution in [-0.4, -0.2) is 46.8 Å². The number of furan rings is 1. The van der Waals surface area contributed by atoms with Crippen LogP contribution in [-0.2, 0) is 11.3 Å². The fourth-order valence-corrected chi connectivity index (χ4v) is 3.59. The van der Waals surface area contributed by atoms with Crippen molar-refractivity contribution < 1.29 is 23.5 Å². The summed E-state index contributed by atoms with van der Waals surface area (Å²) in [6, 6.07) is 3.31. The van der Waals surface area contributed by atoms with Crippen molar-refractivity contribution in [3.63, 3.8) is 0 Å². The van der Waals surface area contributed by atoms with Crippen LogP contribution in [0.15, 0.2) is 22.8 Å². The molecule has 1 aliphatic rings. The van der Waals surface area contributed by atoms with Gasteiger partial charge in [-0.05, 0) is 51.3 Å². The molecule has 7 nitrogen and oxygen atoms in total. The third-order valence-corrected chi connectivity index (χ3v) is 5.04. The van der Waals surface area contributed by atoms with Gasteiger partial charge in [0.2, 0.25) is 0 Å². The maximum atomic E-state index is 13.1. The third kappa shape index (κ3) is 3.41. The second-order valence-corrected chi connectivity index (χ2v) is 6.73. The van der Waals surface area contributed by atoms with Gasteiger partial charge in [-0.1, -0.05) is 0 Å². The van der Waals surface area contributed by atoms with Crippen LogP contribution in [0.1, 0.15) is 62.4 Å². The van der Waals surface area contributed by atoms with Crippen molar-refractivity contribution >= 4 is 17.7 Å². The van der Waals surface area contributed by atoms with Crippen LogP contribution < -0.4 is 0 Å². The number of esters is 1. The van der Waals surface area contributed by atoms with Gasteiger partial charge in [0.25, 0.3) is 5.91 Å². The SMILES string of the molecule is CCn1c(C)c(C(=O)CN(C(=O)c2ccco2)C2CC2)c(C)c1C(=O)OC. The van der Waals surface area contributed by atoms with E-state index in [4.69, 9.17) is 9.15 Å². The number of methoxy groups -OCH3 is 1. The summed E-state index contributed by atoms with van der Waals surface area (Å²) in [6.45, 7) is 5.97. The molecule has 2 aromatic heterocycles. The summed E-state index contributed by atoms with van der Waals surface area (Å²) in [5.41, 5.74) is 2.17. The van der Waals surface area contributed by atoms with E-state index in [1.807, 2.05) is 13.8 Å². The van der Waals surface area contributed by atoms with Gasteiger partial charge in [-0.25, -0.2) is 4.79 Å². The first-order valence-electron chi connectivity index (χ1n) is 9.06.